The van der Waals surface area contributed by atoms with Crippen molar-refractivity contribution < 1.29 is 24.0 Å². The predicted molar refractivity (Wildman–Crippen MR) is 126 cm³/mol. The van der Waals surface area contributed by atoms with Gasteiger partial charge in [0.05, 0.1) is 29.6 Å². The minimum Gasteiger partial charge on any atom is -0.462 e. The molecule has 2 fully saturated rings. The van der Waals surface area contributed by atoms with E-state index in [1.165, 1.54) is 0 Å². The van der Waals surface area contributed by atoms with E-state index in [9.17, 15) is 14.4 Å². The smallest absolute Gasteiger partial charge is 0.338 e. The molecule has 2 saturated heterocycles. The Morgan fingerprint density at radius 1 is 0.882 bits per heavy atom. The molecule has 2 aliphatic heterocycles. The highest BCUT2D eigenvalue weighted by Crippen LogP contribution is 2.47. The molecular formula is C27H24N2O5. The molecule has 0 saturated carbocycles. The van der Waals surface area contributed by atoms with Crippen LogP contribution in [-0.2, 0) is 19.2 Å². The zero-order valence-electron chi connectivity index (χ0n) is 18.9. The van der Waals surface area contributed by atoms with E-state index >= 15 is 0 Å². The van der Waals surface area contributed by atoms with Gasteiger partial charge in [0.1, 0.15) is 5.92 Å². The van der Waals surface area contributed by atoms with E-state index in [1.54, 1.807) is 36.3 Å². The second-order valence-electron chi connectivity index (χ2n) is 8.35. The summed E-state index contributed by atoms with van der Waals surface area (Å²) in [5, 5.41) is 1.68. The Hall–Kier alpha value is -3.97. The number of hydrogen-bond acceptors (Lipinski definition) is 6. The lowest BCUT2D eigenvalue weighted by Gasteiger charge is -2.28. The van der Waals surface area contributed by atoms with Crippen LogP contribution in [0.3, 0.4) is 0 Å². The summed E-state index contributed by atoms with van der Waals surface area (Å²) in [4.78, 5) is 46.3. The quantitative estimate of drug-likeness (QED) is 0.423. The van der Waals surface area contributed by atoms with Crippen molar-refractivity contribution >= 4 is 29.2 Å². The molecule has 0 aromatic heterocycles. The molecule has 3 atom stereocenters. The van der Waals surface area contributed by atoms with Crippen molar-refractivity contribution in [3.8, 4) is 0 Å². The molecule has 0 radical (unpaired) electrons. The lowest BCUT2D eigenvalue weighted by molar-refractivity contribution is -0.126. The van der Waals surface area contributed by atoms with Crippen LogP contribution in [0.2, 0.25) is 0 Å². The minimum atomic E-state index is -0.941. The molecule has 0 bridgehead atoms. The van der Waals surface area contributed by atoms with E-state index in [0.717, 1.165) is 21.7 Å². The average Bonchev–Trinajstić information content (AvgIpc) is 3.36. The van der Waals surface area contributed by atoms with Crippen LogP contribution < -0.4 is 9.96 Å². The van der Waals surface area contributed by atoms with Crippen LogP contribution in [0.25, 0.3) is 0 Å². The molecule has 0 aliphatic carbocycles. The van der Waals surface area contributed by atoms with Crippen LogP contribution in [0, 0.1) is 12.8 Å². The van der Waals surface area contributed by atoms with E-state index in [4.69, 9.17) is 9.57 Å². The van der Waals surface area contributed by atoms with E-state index < -0.39 is 29.9 Å². The Morgan fingerprint density at radius 3 is 2.21 bits per heavy atom. The summed E-state index contributed by atoms with van der Waals surface area (Å²) >= 11 is 0. The monoisotopic (exact) mass is 456 g/mol. The largest absolute Gasteiger partial charge is 0.462 e. The molecule has 0 unspecified atom stereocenters. The summed E-state index contributed by atoms with van der Waals surface area (Å²) < 4.78 is 5.01. The number of para-hydroxylation sites is 1. The van der Waals surface area contributed by atoms with Crippen molar-refractivity contribution in [2.75, 3.05) is 16.6 Å². The first kappa shape index (κ1) is 21.9. The summed E-state index contributed by atoms with van der Waals surface area (Å²) in [6.45, 7) is 4.00. The lowest BCUT2D eigenvalue weighted by Crippen LogP contribution is -2.37. The number of imide groups is 1. The summed E-state index contributed by atoms with van der Waals surface area (Å²) in [6.07, 6.45) is -0.941. The van der Waals surface area contributed by atoms with E-state index in [0.29, 0.717) is 11.3 Å². The minimum absolute atomic E-state index is 0.267. The number of aryl methyl sites for hydroxylation is 1. The number of carbonyl (C=O) groups is 3. The zero-order chi connectivity index (χ0) is 23.8. The molecule has 34 heavy (non-hydrogen) atoms. The van der Waals surface area contributed by atoms with Crippen molar-refractivity contribution in [2.45, 2.75) is 26.0 Å². The Balaban J connectivity index is 1.50. The summed E-state index contributed by atoms with van der Waals surface area (Å²) in [7, 11) is 0. The third-order valence-electron chi connectivity index (χ3n) is 6.18. The fraction of sp³-hybridized carbons (Fsp3) is 0.222. The maximum atomic E-state index is 13.7. The SMILES string of the molecule is CCOC(=O)c1ccc(N2C(=O)[C@@H]3[C@H](ON(c4ccccc4)[C@H]3c3ccc(C)cc3)C2=O)cc1. The third kappa shape index (κ3) is 3.64. The first-order chi connectivity index (χ1) is 16.5. The normalized spacial score (nSPS) is 21.6. The molecule has 5 rings (SSSR count). The Kier molecular flexibility index (Phi) is 5.63. The summed E-state index contributed by atoms with van der Waals surface area (Å²) in [6, 6.07) is 23.2. The van der Waals surface area contributed by atoms with E-state index in [2.05, 4.69) is 0 Å². The number of amides is 2. The van der Waals surface area contributed by atoms with Gasteiger partial charge in [0.25, 0.3) is 5.91 Å². The number of nitrogens with zero attached hydrogens (tertiary/aromatic N) is 2. The van der Waals surface area contributed by atoms with Gasteiger partial charge in [-0.1, -0.05) is 48.0 Å². The van der Waals surface area contributed by atoms with Crippen LogP contribution in [0.5, 0.6) is 0 Å². The molecule has 7 heteroatoms. The van der Waals surface area contributed by atoms with Gasteiger partial charge < -0.3 is 4.74 Å². The Bertz CT molecular complexity index is 1220. The molecule has 2 amide bonds. The molecule has 3 aromatic rings. The van der Waals surface area contributed by atoms with Gasteiger partial charge in [0.15, 0.2) is 6.10 Å². The van der Waals surface area contributed by atoms with Gasteiger partial charge in [-0.2, -0.15) is 0 Å². The fourth-order valence-electron chi connectivity index (χ4n) is 4.53. The number of esters is 1. The highest BCUT2D eigenvalue weighted by molar-refractivity contribution is 6.24. The number of ether oxygens (including phenoxy) is 1. The van der Waals surface area contributed by atoms with Gasteiger partial charge >= 0.3 is 5.97 Å². The third-order valence-corrected chi connectivity index (χ3v) is 6.18. The highest BCUT2D eigenvalue weighted by Gasteiger charge is 2.60. The van der Waals surface area contributed by atoms with Gasteiger partial charge in [-0.3, -0.25) is 14.4 Å². The summed E-state index contributed by atoms with van der Waals surface area (Å²) in [5.41, 5.74) is 3.52. The van der Waals surface area contributed by atoms with Crippen molar-refractivity contribution in [1.29, 1.82) is 0 Å². The highest BCUT2D eigenvalue weighted by atomic mass is 16.7. The molecule has 0 spiro atoms. The molecule has 0 N–H and O–H groups in total. The van der Waals surface area contributed by atoms with Crippen LogP contribution in [0.15, 0.2) is 78.9 Å². The fourth-order valence-corrected chi connectivity index (χ4v) is 4.53. The molecule has 2 aliphatic rings. The van der Waals surface area contributed by atoms with Gasteiger partial charge in [-0.05, 0) is 55.8 Å². The topological polar surface area (TPSA) is 76.2 Å². The van der Waals surface area contributed by atoms with Gasteiger partial charge in [-0.15, -0.1) is 0 Å². The zero-order valence-corrected chi connectivity index (χ0v) is 18.9. The molecule has 3 aromatic carbocycles. The van der Waals surface area contributed by atoms with Crippen molar-refractivity contribution in [1.82, 2.24) is 0 Å². The maximum Gasteiger partial charge on any atom is 0.338 e. The van der Waals surface area contributed by atoms with Crippen LogP contribution in [-0.4, -0.2) is 30.5 Å². The Morgan fingerprint density at radius 2 is 1.56 bits per heavy atom. The average molecular weight is 456 g/mol. The van der Waals surface area contributed by atoms with Gasteiger partial charge in [0, 0.05) is 0 Å². The van der Waals surface area contributed by atoms with Crippen molar-refractivity contribution in [2.24, 2.45) is 5.92 Å². The maximum absolute atomic E-state index is 13.7. The number of fused-ring (bicyclic) bond motifs is 1. The number of rotatable bonds is 5. The number of hydrogen-bond donors (Lipinski definition) is 0. The van der Waals surface area contributed by atoms with E-state index in [1.807, 2.05) is 61.5 Å². The number of carbonyl (C=O) groups excluding carboxylic acids is 3. The molecule has 7 nitrogen and oxygen atoms in total. The van der Waals surface area contributed by atoms with E-state index in [-0.39, 0.29) is 12.5 Å². The van der Waals surface area contributed by atoms with Crippen LogP contribution >= 0.6 is 0 Å². The Labute approximate surface area is 197 Å². The van der Waals surface area contributed by atoms with Gasteiger partial charge in [-0.25, -0.2) is 14.8 Å². The standard InChI is InChI=1S/C27H24N2O5/c1-3-33-27(32)19-13-15-20(16-14-19)28-25(30)22-23(18-11-9-17(2)10-12-18)29(34-24(22)26(28)31)21-7-5-4-6-8-21/h4-16,22-24H,3H2,1-2H3/t22-,23-,24-/m0/s1. The first-order valence-corrected chi connectivity index (χ1v) is 11.2. The number of benzene rings is 3. The molecular weight excluding hydrogens is 432 g/mol. The number of hydroxylamine groups is 1. The summed E-state index contributed by atoms with van der Waals surface area (Å²) in [5.74, 6) is -1.91. The second kappa shape index (κ2) is 8.76. The van der Waals surface area contributed by atoms with Gasteiger partial charge in [0.2, 0.25) is 5.91 Å². The molecule has 172 valence electrons. The van der Waals surface area contributed by atoms with Crippen molar-refractivity contribution in [3.63, 3.8) is 0 Å². The van der Waals surface area contributed by atoms with Crippen molar-refractivity contribution in [3.05, 3.63) is 95.6 Å². The number of anilines is 2. The van der Waals surface area contributed by atoms with Crippen LogP contribution in [0.4, 0.5) is 11.4 Å². The first-order valence-electron chi connectivity index (χ1n) is 11.2. The van der Waals surface area contributed by atoms with Crippen LogP contribution in [0.1, 0.15) is 34.5 Å². The molecule has 2 heterocycles. The lowest BCUT2D eigenvalue weighted by atomic mass is 9.90. The second-order valence-corrected chi connectivity index (χ2v) is 8.35. The predicted octanol–water partition coefficient (Wildman–Crippen LogP) is 4.22.